The fourth-order valence-electron chi connectivity index (χ4n) is 3.69. The van der Waals surface area contributed by atoms with E-state index in [4.69, 9.17) is 4.74 Å². The molecule has 7 heteroatoms. The molecule has 2 atom stereocenters. The Balaban J connectivity index is 1.79. The standard InChI is InChI=1S/C22H24N2O5/c1-29-19-13-7-6-12-18(19)24-21(26)16-10-4-5-11-17(16)23-20(25)14-8-2-3-9-15(14)22(27)28/h4-7,10-15H,2-3,8-9H2,1H3,(H,23,25)(H,24,26)(H,27,28)/t14-,15-/m0/s1. The van der Waals surface area contributed by atoms with Gasteiger partial charge in [-0.3, -0.25) is 14.4 Å². The van der Waals surface area contributed by atoms with Crippen LogP contribution in [-0.2, 0) is 9.59 Å². The van der Waals surface area contributed by atoms with Gasteiger partial charge < -0.3 is 20.5 Å². The van der Waals surface area contributed by atoms with Crippen molar-refractivity contribution in [1.29, 1.82) is 0 Å². The van der Waals surface area contributed by atoms with Crippen molar-refractivity contribution >= 4 is 29.2 Å². The van der Waals surface area contributed by atoms with Crippen LogP contribution in [0.25, 0.3) is 0 Å². The number of benzene rings is 2. The van der Waals surface area contributed by atoms with Gasteiger partial charge in [0.05, 0.1) is 35.9 Å². The SMILES string of the molecule is COc1ccccc1NC(=O)c1ccccc1NC(=O)[C@H]1CCCC[C@@H]1C(=O)O. The van der Waals surface area contributed by atoms with Crippen LogP contribution in [0.4, 0.5) is 11.4 Å². The lowest BCUT2D eigenvalue weighted by molar-refractivity contribution is -0.147. The third-order valence-corrected chi connectivity index (χ3v) is 5.20. The first-order valence-electron chi connectivity index (χ1n) is 9.58. The van der Waals surface area contributed by atoms with E-state index in [1.54, 1.807) is 48.5 Å². The number of hydrogen-bond acceptors (Lipinski definition) is 4. The number of carbonyl (C=O) groups excluding carboxylic acids is 2. The molecule has 2 aromatic carbocycles. The summed E-state index contributed by atoms with van der Waals surface area (Å²) in [6.07, 6.45) is 2.64. The molecule has 0 spiro atoms. The molecule has 1 fully saturated rings. The average molecular weight is 396 g/mol. The number of aliphatic carboxylic acids is 1. The van der Waals surface area contributed by atoms with Crippen LogP contribution in [0.1, 0.15) is 36.0 Å². The van der Waals surface area contributed by atoms with E-state index in [9.17, 15) is 19.5 Å². The van der Waals surface area contributed by atoms with Gasteiger partial charge in [0.25, 0.3) is 5.91 Å². The topological polar surface area (TPSA) is 105 Å². The second kappa shape index (κ2) is 9.23. The molecule has 0 bridgehead atoms. The number of anilines is 2. The summed E-state index contributed by atoms with van der Waals surface area (Å²) < 4.78 is 5.25. The van der Waals surface area contributed by atoms with Crippen LogP contribution in [0.2, 0.25) is 0 Å². The van der Waals surface area contributed by atoms with Crippen LogP contribution in [0, 0.1) is 11.8 Å². The molecule has 152 valence electrons. The molecule has 0 saturated heterocycles. The zero-order chi connectivity index (χ0) is 20.8. The second-order valence-electron chi connectivity index (χ2n) is 7.02. The van der Waals surface area contributed by atoms with Crippen LogP contribution >= 0.6 is 0 Å². The fourth-order valence-corrected chi connectivity index (χ4v) is 3.69. The van der Waals surface area contributed by atoms with Gasteiger partial charge >= 0.3 is 5.97 Å². The van der Waals surface area contributed by atoms with E-state index in [0.29, 0.717) is 30.0 Å². The van der Waals surface area contributed by atoms with Gasteiger partial charge in [0.1, 0.15) is 5.75 Å². The summed E-state index contributed by atoms with van der Waals surface area (Å²) in [6.45, 7) is 0. The van der Waals surface area contributed by atoms with Crippen molar-refractivity contribution in [2.75, 3.05) is 17.7 Å². The van der Waals surface area contributed by atoms with E-state index in [-0.39, 0.29) is 11.5 Å². The number of para-hydroxylation sites is 3. The Hall–Kier alpha value is -3.35. The largest absolute Gasteiger partial charge is 0.495 e. The minimum atomic E-state index is -0.952. The molecule has 0 aliphatic heterocycles. The first kappa shape index (κ1) is 20.4. The highest BCUT2D eigenvalue weighted by Gasteiger charge is 2.36. The van der Waals surface area contributed by atoms with Crippen molar-refractivity contribution in [2.24, 2.45) is 11.8 Å². The molecule has 3 N–H and O–H groups in total. The van der Waals surface area contributed by atoms with Crippen molar-refractivity contribution in [2.45, 2.75) is 25.7 Å². The van der Waals surface area contributed by atoms with Gasteiger partial charge in [-0.2, -0.15) is 0 Å². The molecule has 2 aromatic rings. The maximum absolute atomic E-state index is 12.8. The Morgan fingerprint density at radius 2 is 1.52 bits per heavy atom. The van der Waals surface area contributed by atoms with Crippen LogP contribution in [-0.4, -0.2) is 30.0 Å². The van der Waals surface area contributed by atoms with Gasteiger partial charge in [-0.1, -0.05) is 37.1 Å². The lowest BCUT2D eigenvalue weighted by atomic mass is 9.78. The van der Waals surface area contributed by atoms with Crippen molar-refractivity contribution in [1.82, 2.24) is 0 Å². The first-order valence-corrected chi connectivity index (χ1v) is 9.58. The quantitative estimate of drug-likeness (QED) is 0.689. The molecule has 0 aromatic heterocycles. The molecule has 1 saturated carbocycles. The van der Waals surface area contributed by atoms with Crippen LogP contribution in [0.5, 0.6) is 5.75 Å². The highest BCUT2D eigenvalue weighted by molar-refractivity contribution is 6.11. The molecule has 0 radical (unpaired) electrons. The first-order chi connectivity index (χ1) is 14.0. The molecule has 3 rings (SSSR count). The summed E-state index contributed by atoms with van der Waals surface area (Å²) in [5, 5.41) is 15.0. The molecule has 0 unspecified atom stereocenters. The number of ether oxygens (including phenoxy) is 1. The van der Waals surface area contributed by atoms with Crippen molar-refractivity contribution in [3.05, 3.63) is 54.1 Å². The Bertz CT molecular complexity index is 912. The van der Waals surface area contributed by atoms with Crippen molar-refractivity contribution < 1.29 is 24.2 Å². The Kier molecular flexibility index (Phi) is 6.49. The molecule has 2 amide bonds. The summed E-state index contributed by atoms with van der Waals surface area (Å²) in [6, 6.07) is 13.7. The van der Waals surface area contributed by atoms with E-state index in [1.807, 2.05) is 0 Å². The molecule has 1 aliphatic rings. The van der Waals surface area contributed by atoms with Gasteiger partial charge in [0, 0.05) is 0 Å². The molecular weight excluding hydrogens is 372 g/mol. The number of rotatable bonds is 6. The predicted octanol–water partition coefficient (Wildman–Crippen LogP) is 3.78. The zero-order valence-electron chi connectivity index (χ0n) is 16.2. The maximum Gasteiger partial charge on any atom is 0.307 e. The van der Waals surface area contributed by atoms with E-state index >= 15 is 0 Å². The third kappa shape index (κ3) is 4.74. The molecule has 1 aliphatic carbocycles. The van der Waals surface area contributed by atoms with E-state index in [2.05, 4.69) is 10.6 Å². The monoisotopic (exact) mass is 396 g/mol. The lowest BCUT2D eigenvalue weighted by Gasteiger charge is -2.27. The number of carboxylic acids is 1. The third-order valence-electron chi connectivity index (χ3n) is 5.20. The van der Waals surface area contributed by atoms with Crippen LogP contribution in [0.15, 0.2) is 48.5 Å². The zero-order valence-corrected chi connectivity index (χ0v) is 16.2. The van der Waals surface area contributed by atoms with Gasteiger partial charge in [0.15, 0.2) is 0 Å². The Labute approximate surface area is 169 Å². The summed E-state index contributed by atoms with van der Waals surface area (Å²) >= 11 is 0. The number of carboxylic acid groups (broad SMARTS) is 1. The fraction of sp³-hybridized carbons (Fsp3) is 0.318. The van der Waals surface area contributed by atoms with E-state index < -0.39 is 23.7 Å². The summed E-state index contributed by atoms with van der Waals surface area (Å²) in [4.78, 5) is 37.1. The lowest BCUT2D eigenvalue weighted by Crippen LogP contribution is -2.36. The predicted molar refractivity (Wildman–Crippen MR) is 109 cm³/mol. The average Bonchev–Trinajstić information content (AvgIpc) is 2.74. The van der Waals surface area contributed by atoms with E-state index in [0.717, 1.165) is 12.8 Å². The van der Waals surface area contributed by atoms with Crippen LogP contribution < -0.4 is 15.4 Å². The minimum absolute atomic E-state index is 0.287. The van der Waals surface area contributed by atoms with Crippen LogP contribution in [0.3, 0.4) is 0 Å². The number of carbonyl (C=O) groups is 3. The van der Waals surface area contributed by atoms with Gasteiger partial charge in [-0.05, 0) is 37.1 Å². The van der Waals surface area contributed by atoms with Crippen molar-refractivity contribution in [3.8, 4) is 5.75 Å². The van der Waals surface area contributed by atoms with Gasteiger partial charge in [0.2, 0.25) is 5.91 Å². The highest BCUT2D eigenvalue weighted by atomic mass is 16.5. The summed E-state index contributed by atoms with van der Waals surface area (Å²) in [5.74, 6) is -2.50. The minimum Gasteiger partial charge on any atom is -0.495 e. The Morgan fingerprint density at radius 3 is 2.21 bits per heavy atom. The maximum atomic E-state index is 12.8. The smallest absolute Gasteiger partial charge is 0.307 e. The van der Waals surface area contributed by atoms with Crippen molar-refractivity contribution in [3.63, 3.8) is 0 Å². The summed E-state index contributed by atoms with van der Waals surface area (Å²) in [5.41, 5.74) is 1.15. The number of nitrogens with one attached hydrogen (secondary N) is 2. The number of amides is 2. The summed E-state index contributed by atoms with van der Waals surface area (Å²) in [7, 11) is 1.52. The molecule has 29 heavy (non-hydrogen) atoms. The highest BCUT2D eigenvalue weighted by Crippen LogP contribution is 2.32. The molecule has 0 heterocycles. The second-order valence-corrected chi connectivity index (χ2v) is 7.02. The van der Waals surface area contributed by atoms with Gasteiger partial charge in [-0.25, -0.2) is 0 Å². The number of hydrogen-bond donors (Lipinski definition) is 3. The molecular formula is C22H24N2O5. The van der Waals surface area contributed by atoms with Gasteiger partial charge in [-0.15, -0.1) is 0 Å². The molecule has 7 nitrogen and oxygen atoms in total. The Morgan fingerprint density at radius 1 is 0.897 bits per heavy atom. The normalized spacial score (nSPS) is 18.5. The van der Waals surface area contributed by atoms with E-state index in [1.165, 1.54) is 7.11 Å². The number of methoxy groups -OCH3 is 1.